The highest BCUT2D eigenvalue weighted by Crippen LogP contribution is 2.38. The molecule has 6 nitrogen and oxygen atoms in total. The number of carbonyl (C=O) groups is 2. The molecule has 0 saturated heterocycles. The number of nitrogens with two attached hydrogens (primary N) is 1. The third-order valence-electron chi connectivity index (χ3n) is 5.31. The molecule has 0 aliphatic heterocycles. The summed E-state index contributed by atoms with van der Waals surface area (Å²) in [5, 5.41) is 1.47. The van der Waals surface area contributed by atoms with Crippen molar-refractivity contribution in [3.63, 3.8) is 0 Å². The van der Waals surface area contributed by atoms with Crippen molar-refractivity contribution in [2.24, 2.45) is 5.73 Å². The first-order chi connectivity index (χ1) is 14.5. The summed E-state index contributed by atoms with van der Waals surface area (Å²) < 4.78 is 12.6. The Morgan fingerprint density at radius 1 is 0.933 bits per heavy atom. The molecule has 0 aliphatic carbocycles. The maximum atomic E-state index is 12.2. The smallest absolute Gasteiger partial charge is 0.343 e. The van der Waals surface area contributed by atoms with Crippen LogP contribution in [-0.2, 0) is 16.1 Å². The van der Waals surface area contributed by atoms with E-state index in [1.54, 1.807) is 12.1 Å². The van der Waals surface area contributed by atoms with Crippen molar-refractivity contribution in [1.82, 2.24) is 4.57 Å². The molecular formula is C24H22N2O4. The van der Waals surface area contributed by atoms with Gasteiger partial charge in [0, 0.05) is 17.5 Å². The monoisotopic (exact) mass is 402 g/mol. The Kier molecular flexibility index (Phi) is 5.14. The summed E-state index contributed by atoms with van der Waals surface area (Å²) in [5.74, 6) is -0.496. The minimum absolute atomic E-state index is 0.223. The summed E-state index contributed by atoms with van der Waals surface area (Å²) in [6.07, 6.45) is 0. The maximum absolute atomic E-state index is 12.2. The van der Waals surface area contributed by atoms with Crippen LogP contribution in [0.4, 0.5) is 0 Å². The normalized spacial score (nSPS) is 11.0. The fourth-order valence-electron chi connectivity index (χ4n) is 3.80. The van der Waals surface area contributed by atoms with E-state index in [9.17, 15) is 9.59 Å². The van der Waals surface area contributed by atoms with Crippen molar-refractivity contribution >= 4 is 33.7 Å². The molecule has 0 atom stereocenters. The van der Waals surface area contributed by atoms with E-state index in [2.05, 4.69) is 28.4 Å². The number of hydrogen-bond donors (Lipinski definition) is 1. The van der Waals surface area contributed by atoms with Gasteiger partial charge in [0.05, 0.1) is 23.5 Å². The molecule has 0 fully saturated rings. The second kappa shape index (κ2) is 7.91. The number of aromatic nitrogens is 1. The van der Waals surface area contributed by atoms with Crippen LogP contribution in [0.1, 0.15) is 21.5 Å². The third-order valence-corrected chi connectivity index (χ3v) is 5.31. The highest BCUT2D eigenvalue weighted by atomic mass is 16.6. The van der Waals surface area contributed by atoms with Crippen LogP contribution in [0.2, 0.25) is 0 Å². The number of esters is 1. The van der Waals surface area contributed by atoms with E-state index in [1.807, 2.05) is 36.4 Å². The standard InChI is InChI=1S/C24H22N2O4/c1-15-7-3-4-8-16(15)13-26-18-10-5-9-17(24(25)28)22(18)23-19(26)11-6-12-20(23)30-14-21(27)29-2/h3-12H,13-14H2,1-2H3,(H2,25,28). The molecule has 30 heavy (non-hydrogen) atoms. The molecule has 1 heterocycles. The first-order valence-corrected chi connectivity index (χ1v) is 9.59. The summed E-state index contributed by atoms with van der Waals surface area (Å²) >= 11 is 0. The van der Waals surface area contributed by atoms with Gasteiger partial charge >= 0.3 is 5.97 Å². The third kappa shape index (κ3) is 3.37. The second-order valence-electron chi connectivity index (χ2n) is 7.09. The van der Waals surface area contributed by atoms with Crippen molar-refractivity contribution in [2.75, 3.05) is 13.7 Å². The second-order valence-corrected chi connectivity index (χ2v) is 7.09. The van der Waals surface area contributed by atoms with Gasteiger partial charge in [0.25, 0.3) is 0 Å². The Hall–Kier alpha value is -3.80. The van der Waals surface area contributed by atoms with Gasteiger partial charge in [0.2, 0.25) is 5.91 Å². The van der Waals surface area contributed by atoms with Gasteiger partial charge in [0.1, 0.15) is 5.75 Å². The fourth-order valence-corrected chi connectivity index (χ4v) is 3.80. The molecule has 6 heteroatoms. The molecule has 0 unspecified atom stereocenters. The van der Waals surface area contributed by atoms with Crippen LogP contribution in [0.5, 0.6) is 5.75 Å². The highest BCUT2D eigenvalue weighted by molar-refractivity contribution is 6.19. The number of ether oxygens (including phenoxy) is 2. The Morgan fingerprint density at radius 3 is 2.33 bits per heavy atom. The Balaban J connectivity index is 1.99. The lowest BCUT2D eigenvalue weighted by Crippen LogP contribution is -2.13. The van der Waals surface area contributed by atoms with Gasteiger partial charge in [-0.25, -0.2) is 4.79 Å². The van der Waals surface area contributed by atoms with Crippen LogP contribution in [0.15, 0.2) is 60.7 Å². The van der Waals surface area contributed by atoms with Crippen LogP contribution < -0.4 is 10.5 Å². The van der Waals surface area contributed by atoms with E-state index in [4.69, 9.17) is 10.5 Å². The molecule has 0 saturated carbocycles. The summed E-state index contributed by atoms with van der Waals surface area (Å²) in [4.78, 5) is 23.8. The molecular weight excluding hydrogens is 380 g/mol. The zero-order chi connectivity index (χ0) is 21.3. The molecule has 4 aromatic rings. The van der Waals surface area contributed by atoms with Gasteiger partial charge in [-0.3, -0.25) is 4.79 Å². The molecule has 2 N–H and O–H groups in total. The largest absolute Gasteiger partial charge is 0.481 e. The van der Waals surface area contributed by atoms with E-state index >= 15 is 0 Å². The number of methoxy groups -OCH3 is 1. The molecule has 0 bridgehead atoms. The first-order valence-electron chi connectivity index (χ1n) is 9.59. The van der Waals surface area contributed by atoms with Gasteiger partial charge in [-0.15, -0.1) is 0 Å². The predicted octanol–water partition coefficient (Wildman–Crippen LogP) is 3.80. The van der Waals surface area contributed by atoms with E-state index in [1.165, 1.54) is 18.2 Å². The summed E-state index contributed by atoms with van der Waals surface area (Å²) in [6.45, 7) is 2.47. The summed E-state index contributed by atoms with van der Waals surface area (Å²) in [7, 11) is 1.31. The van der Waals surface area contributed by atoms with Crippen LogP contribution in [0, 0.1) is 6.92 Å². The number of primary amides is 1. The van der Waals surface area contributed by atoms with E-state index < -0.39 is 11.9 Å². The lowest BCUT2D eigenvalue weighted by Gasteiger charge is -2.11. The Bertz CT molecular complexity index is 1270. The molecule has 4 rings (SSSR count). The molecule has 0 spiro atoms. The van der Waals surface area contributed by atoms with Crippen molar-refractivity contribution in [3.05, 3.63) is 77.4 Å². The van der Waals surface area contributed by atoms with Crippen LogP contribution in [0.25, 0.3) is 21.8 Å². The van der Waals surface area contributed by atoms with Crippen molar-refractivity contribution in [2.45, 2.75) is 13.5 Å². The average molecular weight is 402 g/mol. The van der Waals surface area contributed by atoms with Crippen molar-refractivity contribution < 1.29 is 19.1 Å². The molecule has 1 amide bonds. The van der Waals surface area contributed by atoms with Gasteiger partial charge < -0.3 is 19.8 Å². The summed E-state index contributed by atoms with van der Waals surface area (Å²) in [5.41, 5.74) is 10.2. The number of fused-ring (bicyclic) bond motifs is 3. The number of hydrogen-bond acceptors (Lipinski definition) is 4. The predicted molar refractivity (Wildman–Crippen MR) is 116 cm³/mol. The van der Waals surface area contributed by atoms with E-state index in [0.29, 0.717) is 23.2 Å². The molecule has 1 aromatic heterocycles. The number of aryl methyl sites for hydroxylation is 1. The van der Waals surface area contributed by atoms with Crippen LogP contribution in [0.3, 0.4) is 0 Å². The van der Waals surface area contributed by atoms with Gasteiger partial charge in [-0.1, -0.05) is 36.4 Å². The lowest BCUT2D eigenvalue weighted by molar-refractivity contribution is -0.142. The van der Waals surface area contributed by atoms with Crippen LogP contribution in [-0.4, -0.2) is 30.2 Å². The molecule has 0 aliphatic rings. The van der Waals surface area contributed by atoms with Crippen molar-refractivity contribution in [1.29, 1.82) is 0 Å². The molecule has 152 valence electrons. The topological polar surface area (TPSA) is 83.6 Å². The SMILES string of the molecule is COC(=O)COc1cccc2c1c1c(C(N)=O)cccc1n2Cc1ccccc1C. The van der Waals surface area contributed by atoms with Crippen LogP contribution >= 0.6 is 0 Å². The number of rotatable bonds is 6. The van der Waals surface area contributed by atoms with E-state index in [0.717, 1.165) is 16.4 Å². The maximum Gasteiger partial charge on any atom is 0.343 e. The highest BCUT2D eigenvalue weighted by Gasteiger charge is 2.20. The van der Waals surface area contributed by atoms with Gasteiger partial charge in [0.15, 0.2) is 6.61 Å². The number of amides is 1. The van der Waals surface area contributed by atoms with E-state index in [-0.39, 0.29) is 6.61 Å². The minimum atomic E-state index is -0.515. The molecule has 0 radical (unpaired) electrons. The molecule has 3 aromatic carbocycles. The fraction of sp³-hybridized carbons (Fsp3) is 0.167. The lowest BCUT2D eigenvalue weighted by atomic mass is 10.1. The summed E-state index contributed by atoms with van der Waals surface area (Å²) in [6, 6.07) is 19.3. The zero-order valence-corrected chi connectivity index (χ0v) is 16.8. The first kappa shape index (κ1) is 19.5. The van der Waals surface area contributed by atoms with Gasteiger partial charge in [-0.2, -0.15) is 0 Å². The Morgan fingerprint density at radius 2 is 1.63 bits per heavy atom. The number of benzene rings is 3. The number of carbonyl (C=O) groups excluding carboxylic acids is 2. The minimum Gasteiger partial charge on any atom is -0.481 e. The average Bonchev–Trinajstić information content (AvgIpc) is 3.07. The zero-order valence-electron chi connectivity index (χ0n) is 16.8. The Labute approximate surface area is 173 Å². The quantitative estimate of drug-likeness (QED) is 0.497. The van der Waals surface area contributed by atoms with Crippen molar-refractivity contribution in [3.8, 4) is 5.75 Å². The van der Waals surface area contributed by atoms with Gasteiger partial charge in [-0.05, 0) is 42.3 Å². The number of nitrogens with zero attached hydrogens (tertiary/aromatic N) is 1.